The maximum absolute atomic E-state index is 12.7. The average Bonchev–Trinajstić information content (AvgIpc) is 2.76. The molecule has 0 aromatic heterocycles. The fraction of sp³-hybridized carbons (Fsp3) is 0.923. The number of nitrogens with zero attached hydrogens (tertiary/aromatic N) is 1. The molecule has 7 heteroatoms. The zero-order chi connectivity index (χ0) is 15.0. The second-order valence-corrected chi connectivity index (χ2v) is 10.2. The summed E-state index contributed by atoms with van der Waals surface area (Å²) in [5, 5.41) is 8.47. The molecule has 0 spiro atoms. The molecule has 1 saturated carbocycles. The zero-order valence-electron chi connectivity index (χ0n) is 12.0. The van der Waals surface area contributed by atoms with E-state index in [0.29, 0.717) is 32.4 Å². The van der Waals surface area contributed by atoms with Gasteiger partial charge < -0.3 is 5.11 Å². The van der Waals surface area contributed by atoms with Gasteiger partial charge in [-0.25, -0.2) is 12.7 Å². The summed E-state index contributed by atoms with van der Waals surface area (Å²) in [6.45, 7) is 5.26. The number of rotatable bonds is 3. The summed E-state index contributed by atoms with van der Waals surface area (Å²) in [6, 6.07) is 0. The third-order valence-corrected chi connectivity index (χ3v) is 8.10. The summed E-state index contributed by atoms with van der Waals surface area (Å²) < 4.78 is 27.1. The lowest BCUT2D eigenvalue weighted by atomic mass is 10.1. The van der Waals surface area contributed by atoms with E-state index in [0.717, 1.165) is 12.2 Å². The Labute approximate surface area is 125 Å². The van der Waals surface area contributed by atoms with Gasteiger partial charge in [0.15, 0.2) is 0 Å². The maximum atomic E-state index is 12.7. The molecule has 0 aromatic carbocycles. The summed E-state index contributed by atoms with van der Waals surface area (Å²) in [5.74, 6) is -0.930. The smallest absolute Gasteiger partial charge is 0.307 e. The lowest BCUT2D eigenvalue weighted by Gasteiger charge is -2.26. The highest BCUT2D eigenvalue weighted by atomic mass is 32.2. The SMILES string of the molecule is CC1(C)CCN(S(=O)(=O)C2CCCC2C(=O)O)CCS1. The number of carboxylic acids is 1. The molecule has 0 amide bonds. The van der Waals surface area contributed by atoms with E-state index in [2.05, 4.69) is 13.8 Å². The number of sulfonamides is 1. The fourth-order valence-electron chi connectivity index (χ4n) is 3.01. The summed E-state index contributed by atoms with van der Waals surface area (Å²) in [6.07, 6.45) is 2.45. The van der Waals surface area contributed by atoms with E-state index in [9.17, 15) is 18.3 Å². The monoisotopic (exact) mass is 321 g/mol. The van der Waals surface area contributed by atoms with Crippen molar-refractivity contribution in [1.82, 2.24) is 4.31 Å². The van der Waals surface area contributed by atoms with Gasteiger partial charge in [-0.05, 0) is 19.3 Å². The van der Waals surface area contributed by atoms with Crippen molar-refractivity contribution in [2.24, 2.45) is 5.92 Å². The molecular weight excluding hydrogens is 298 g/mol. The van der Waals surface area contributed by atoms with Crippen LogP contribution in [0, 0.1) is 5.92 Å². The summed E-state index contributed by atoms with van der Waals surface area (Å²) >= 11 is 1.79. The zero-order valence-corrected chi connectivity index (χ0v) is 13.7. The molecule has 5 nitrogen and oxygen atoms in total. The number of carbonyl (C=O) groups is 1. The molecule has 2 rings (SSSR count). The van der Waals surface area contributed by atoms with Gasteiger partial charge in [-0.15, -0.1) is 0 Å². The Morgan fingerprint density at radius 3 is 2.65 bits per heavy atom. The van der Waals surface area contributed by atoms with Gasteiger partial charge in [0.25, 0.3) is 0 Å². The van der Waals surface area contributed by atoms with E-state index in [4.69, 9.17) is 0 Å². The van der Waals surface area contributed by atoms with Crippen molar-refractivity contribution in [1.29, 1.82) is 0 Å². The minimum atomic E-state index is -3.49. The lowest BCUT2D eigenvalue weighted by Crippen LogP contribution is -2.43. The van der Waals surface area contributed by atoms with E-state index in [1.54, 1.807) is 11.8 Å². The number of carboxylic acid groups (broad SMARTS) is 1. The van der Waals surface area contributed by atoms with E-state index in [-0.39, 0.29) is 4.75 Å². The lowest BCUT2D eigenvalue weighted by molar-refractivity contribution is -0.141. The van der Waals surface area contributed by atoms with Crippen LogP contribution in [0.4, 0.5) is 0 Å². The predicted octanol–water partition coefficient (Wildman–Crippen LogP) is 1.79. The van der Waals surface area contributed by atoms with Crippen LogP contribution in [0.3, 0.4) is 0 Å². The molecule has 2 fully saturated rings. The molecule has 20 heavy (non-hydrogen) atoms. The summed E-state index contributed by atoms with van der Waals surface area (Å²) in [4.78, 5) is 11.2. The Hall–Kier alpha value is -0.270. The van der Waals surface area contributed by atoms with Crippen LogP contribution >= 0.6 is 11.8 Å². The van der Waals surface area contributed by atoms with E-state index >= 15 is 0 Å². The van der Waals surface area contributed by atoms with Crippen molar-refractivity contribution in [2.45, 2.75) is 49.5 Å². The Morgan fingerprint density at radius 1 is 1.30 bits per heavy atom. The molecule has 1 aliphatic carbocycles. The van der Waals surface area contributed by atoms with Gasteiger partial charge in [0, 0.05) is 23.6 Å². The van der Waals surface area contributed by atoms with Crippen molar-refractivity contribution in [3.63, 3.8) is 0 Å². The molecule has 1 saturated heterocycles. The molecule has 0 radical (unpaired) electrons. The van der Waals surface area contributed by atoms with Gasteiger partial charge in [-0.1, -0.05) is 20.3 Å². The van der Waals surface area contributed by atoms with Crippen LogP contribution in [0.15, 0.2) is 0 Å². The Morgan fingerprint density at radius 2 is 2.00 bits per heavy atom. The topological polar surface area (TPSA) is 74.7 Å². The van der Waals surface area contributed by atoms with Gasteiger partial charge in [-0.2, -0.15) is 11.8 Å². The number of thioether (sulfide) groups is 1. The first-order valence-corrected chi connectivity index (χ1v) is 9.59. The molecular formula is C13H23NO4S2. The van der Waals surface area contributed by atoms with Gasteiger partial charge >= 0.3 is 5.97 Å². The van der Waals surface area contributed by atoms with Crippen LogP contribution in [-0.4, -0.2) is 52.6 Å². The highest BCUT2D eigenvalue weighted by molar-refractivity contribution is 8.00. The third-order valence-electron chi connectivity index (χ3n) is 4.31. The molecule has 0 bridgehead atoms. The maximum Gasteiger partial charge on any atom is 0.307 e. The highest BCUT2D eigenvalue weighted by Gasteiger charge is 2.44. The Kier molecular flexibility index (Phi) is 4.71. The van der Waals surface area contributed by atoms with Gasteiger partial charge in [0.2, 0.25) is 10.0 Å². The van der Waals surface area contributed by atoms with Crippen molar-refractivity contribution in [3.8, 4) is 0 Å². The normalized spacial score (nSPS) is 31.9. The highest BCUT2D eigenvalue weighted by Crippen LogP contribution is 2.36. The minimum absolute atomic E-state index is 0.0894. The second kappa shape index (κ2) is 5.85. The van der Waals surface area contributed by atoms with Crippen molar-refractivity contribution in [3.05, 3.63) is 0 Å². The molecule has 2 aliphatic rings. The van der Waals surface area contributed by atoms with E-state index < -0.39 is 27.2 Å². The van der Waals surface area contributed by atoms with Crippen LogP contribution in [0.25, 0.3) is 0 Å². The Bertz CT molecular complexity index is 475. The van der Waals surface area contributed by atoms with Crippen molar-refractivity contribution < 1.29 is 18.3 Å². The molecule has 1 heterocycles. The first-order valence-electron chi connectivity index (χ1n) is 7.10. The predicted molar refractivity (Wildman–Crippen MR) is 80.4 cm³/mol. The minimum Gasteiger partial charge on any atom is -0.481 e. The fourth-order valence-corrected chi connectivity index (χ4v) is 6.43. The van der Waals surface area contributed by atoms with Crippen LogP contribution in [0.1, 0.15) is 39.5 Å². The molecule has 0 aromatic rings. The molecule has 2 unspecified atom stereocenters. The summed E-state index contributed by atoms with van der Waals surface area (Å²) in [5.41, 5.74) is 0. The number of hydrogen-bond acceptors (Lipinski definition) is 4. The number of aliphatic carboxylic acids is 1. The van der Waals surface area contributed by atoms with Crippen LogP contribution < -0.4 is 0 Å². The van der Waals surface area contributed by atoms with Crippen LogP contribution in [0.5, 0.6) is 0 Å². The first-order chi connectivity index (χ1) is 9.24. The second-order valence-electron chi connectivity index (χ2n) is 6.22. The molecule has 116 valence electrons. The Balaban J connectivity index is 2.16. The summed E-state index contributed by atoms with van der Waals surface area (Å²) in [7, 11) is -3.49. The first kappa shape index (κ1) is 16.1. The quantitative estimate of drug-likeness (QED) is 0.858. The van der Waals surface area contributed by atoms with Crippen LogP contribution in [-0.2, 0) is 14.8 Å². The molecule has 1 N–H and O–H groups in total. The third kappa shape index (κ3) is 3.31. The van der Waals surface area contributed by atoms with E-state index in [1.165, 1.54) is 4.31 Å². The van der Waals surface area contributed by atoms with Crippen molar-refractivity contribution >= 4 is 27.8 Å². The van der Waals surface area contributed by atoms with E-state index in [1.807, 2.05) is 0 Å². The van der Waals surface area contributed by atoms with Crippen molar-refractivity contribution in [2.75, 3.05) is 18.8 Å². The largest absolute Gasteiger partial charge is 0.481 e. The molecule has 2 atom stereocenters. The van der Waals surface area contributed by atoms with Gasteiger partial charge in [-0.3, -0.25) is 4.79 Å². The average molecular weight is 321 g/mol. The van der Waals surface area contributed by atoms with Crippen LogP contribution in [0.2, 0.25) is 0 Å². The molecule has 1 aliphatic heterocycles. The van der Waals surface area contributed by atoms with Gasteiger partial charge in [0.1, 0.15) is 0 Å². The standard InChI is InChI=1S/C13H23NO4S2/c1-13(2)6-7-14(8-9-19-13)20(17,18)11-5-3-4-10(11)12(15)16/h10-11H,3-9H2,1-2H3,(H,15,16). The number of hydrogen-bond donors (Lipinski definition) is 1. The van der Waals surface area contributed by atoms with Gasteiger partial charge in [0.05, 0.1) is 11.2 Å².